The average Bonchev–Trinajstić information content (AvgIpc) is 3.22. The molecule has 0 saturated carbocycles. The highest BCUT2D eigenvalue weighted by Crippen LogP contribution is 2.28. The molecule has 1 aromatic heterocycles. The summed E-state index contributed by atoms with van der Waals surface area (Å²) in [7, 11) is 0. The maximum atomic E-state index is 12.6. The van der Waals surface area contributed by atoms with E-state index >= 15 is 0 Å². The molecule has 0 fully saturated rings. The lowest BCUT2D eigenvalue weighted by atomic mass is 10.3. The molecule has 13 heteroatoms. The summed E-state index contributed by atoms with van der Waals surface area (Å²) < 4.78 is 48.0. The van der Waals surface area contributed by atoms with Gasteiger partial charge in [0.25, 0.3) is 0 Å². The predicted octanol–water partition coefficient (Wildman–Crippen LogP) is 2.49. The quantitative estimate of drug-likeness (QED) is 0.506. The molecule has 2 heterocycles. The van der Waals surface area contributed by atoms with E-state index in [0.29, 0.717) is 18.9 Å². The Balaban J connectivity index is 1.51. The number of ether oxygens (including phenoxy) is 2. The molecule has 10 nitrogen and oxygen atoms in total. The molecule has 1 aliphatic rings. The number of rotatable bonds is 7. The van der Waals surface area contributed by atoms with Crippen molar-refractivity contribution >= 4 is 23.2 Å². The lowest BCUT2D eigenvalue weighted by Crippen LogP contribution is -2.44. The summed E-state index contributed by atoms with van der Waals surface area (Å²) >= 11 is 0. The highest BCUT2D eigenvalue weighted by atomic mass is 19.4. The molecule has 0 saturated heterocycles. The number of carbonyl (C=O) groups is 1. The highest BCUT2D eigenvalue weighted by Gasteiger charge is 2.31. The van der Waals surface area contributed by atoms with Crippen molar-refractivity contribution in [1.82, 2.24) is 14.3 Å². The van der Waals surface area contributed by atoms with Crippen LogP contribution in [0.1, 0.15) is 6.92 Å². The lowest BCUT2D eigenvalue weighted by Gasteiger charge is -2.18. The van der Waals surface area contributed by atoms with E-state index < -0.39 is 35.7 Å². The summed E-state index contributed by atoms with van der Waals surface area (Å²) in [6.07, 6.45) is -4.83. The van der Waals surface area contributed by atoms with Crippen LogP contribution in [0.5, 0.6) is 11.5 Å². The van der Waals surface area contributed by atoms with Crippen molar-refractivity contribution < 1.29 is 27.4 Å². The molecule has 35 heavy (non-hydrogen) atoms. The van der Waals surface area contributed by atoms with Gasteiger partial charge in [-0.3, -0.25) is 19.0 Å². The molecular weight excluding hydrogens is 471 g/mol. The van der Waals surface area contributed by atoms with Crippen LogP contribution in [0.2, 0.25) is 0 Å². The van der Waals surface area contributed by atoms with E-state index in [-0.39, 0.29) is 18.2 Å². The molecule has 0 bridgehead atoms. The van der Waals surface area contributed by atoms with Gasteiger partial charge in [-0.05, 0) is 55.5 Å². The second-order valence-corrected chi connectivity index (χ2v) is 7.42. The summed E-state index contributed by atoms with van der Waals surface area (Å²) in [5.41, 5.74) is -0.884. The predicted molar refractivity (Wildman–Crippen MR) is 119 cm³/mol. The number of fused-ring (bicyclic) bond motifs is 1. The Kier molecular flexibility index (Phi) is 6.49. The third kappa shape index (κ3) is 5.45. The summed E-state index contributed by atoms with van der Waals surface area (Å²) in [6.45, 7) is 2.47. The van der Waals surface area contributed by atoms with E-state index in [1.165, 1.54) is 16.7 Å². The summed E-state index contributed by atoms with van der Waals surface area (Å²) in [5, 5.41) is 6.67. The fourth-order valence-electron chi connectivity index (χ4n) is 3.54. The van der Waals surface area contributed by atoms with Crippen molar-refractivity contribution in [1.29, 1.82) is 0 Å². The van der Waals surface area contributed by atoms with E-state index in [2.05, 4.69) is 15.2 Å². The third-order valence-corrected chi connectivity index (χ3v) is 5.03. The van der Waals surface area contributed by atoms with Gasteiger partial charge < -0.3 is 19.7 Å². The van der Waals surface area contributed by atoms with Gasteiger partial charge in [-0.1, -0.05) is 0 Å². The minimum absolute atomic E-state index is 0.173. The Labute approximate surface area is 196 Å². The Bertz CT molecular complexity index is 1330. The zero-order valence-electron chi connectivity index (χ0n) is 18.4. The minimum atomic E-state index is -4.83. The Morgan fingerprint density at radius 3 is 2.29 bits per heavy atom. The van der Waals surface area contributed by atoms with Crippen LogP contribution in [0.25, 0.3) is 0 Å². The largest absolute Gasteiger partial charge is 0.573 e. The van der Waals surface area contributed by atoms with Crippen molar-refractivity contribution in [2.24, 2.45) is 0 Å². The number of benzene rings is 2. The monoisotopic (exact) mass is 491 g/mol. The first-order valence-corrected chi connectivity index (χ1v) is 10.5. The highest BCUT2D eigenvalue weighted by molar-refractivity contribution is 5.90. The van der Waals surface area contributed by atoms with Crippen LogP contribution in [0, 0.1) is 0 Å². The number of alkyl halides is 3. The maximum Gasteiger partial charge on any atom is 0.573 e. The van der Waals surface area contributed by atoms with Gasteiger partial charge in [-0.25, -0.2) is 4.68 Å². The molecule has 0 unspecified atom stereocenters. The van der Waals surface area contributed by atoms with Gasteiger partial charge in [0.2, 0.25) is 11.9 Å². The first kappa shape index (κ1) is 23.9. The molecule has 3 aromatic rings. The molecule has 1 amide bonds. The fourth-order valence-corrected chi connectivity index (χ4v) is 3.54. The topological polar surface area (TPSA) is 108 Å². The molecule has 0 spiro atoms. The van der Waals surface area contributed by atoms with E-state index in [1.807, 2.05) is 6.92 Å². The van der Waals surface area contributed by atoms with E-state index in [4.69, 9.17) is 4.74 Å². The van der Waals surface area contributed by atoms with Gasteiger partial charge in [0.15, 0.2) is 0 Å². The Morgan fingerprint density at radius 1 is 1.00 bits per heavy atom. The molecule has 184 valence electrons. The van der Waals surface area contributed by atoms with Gasteiger partial charge in [0, 0.05) is 24.5 Å². The van der Waals surface area contributed by atoms with Gasteiger partial charge >= 0.3 is 17.5 Å². The molecule has 2 aromatic carbocycles. The summed E-state index contributed by atoms with van der Waals surface area (Å²) in [4.78, 5) is 39.3. The van der Waals surface area contributed by atoms with Crippen LogP contribution < -0.4 is 30.8 Å². The van der Waals surface area contributed by atoms with Crippen molar-refractivity contribution in [3.05, 3.63) is 69.2 Å². The van der Waals surface area contributed by atoms with Crippen LogP contribution >= 0.6 is 0 Å². The van der Waals surface area contributed by atoms with Gasteiger partial charge in [-0.15, -0.1) is 18.3 Å². The number of anilines is 3. The smallest absolute Gasteiger partial charge is 0.494 e. The number of hydrogen-bond acceptors (Lipinski definition) is 7. The van der Waals surface area contributed by atoms with E-state index in [1.54, 1.807) is 29.2 Å². The van der Waals surface area contributed by atoms with E-state index in [0.717, 1.165) is 22.5 Å². The number of halogens is 3. The van der Waals surface area contributed by atoms with Crippen LogP contribution in [-0.4, -0.2) is 39.8 Å². The molecule has 0 radical (unpaired) electrons. The van der Waals surface area contributed by atoms with Gasteiger partial charge in [-0.2, -0.15) is 0 Å². The number of carbonyl (C=O) groups excluding carboxylic acids is 1. The minimum Gasteiger partial charge on any atom is -0.494 e. The average molecular weight is 491 g/mol. The molecule has 0 atom stereocenters. The van der Waals surface area contributed by atoms with Crippen LogP contribution in [0.4, 0.5) is 30.5 Å². The van der Waals surface area contributed by atoms with Gasteiger partial charge in [0.1, 0.15) is 18.0 Å². The summed E-state index contributed by atoms with van der Waals surface area (Å²) in [5.74, 6) is -0.255. The maximum absolute atomic E-state index is 12.6. The zero-order chi connectivity index (χ0) is 25.2. The Morgan fingerprint density at radius 2 is 1.66 bits per heavy atom. The molecule has 0 aliphatic carbocycles. The van der Waals surface area contributed by atoms with Crippen molar-refractivity contribution in [2.75, 3.05) is 23.4 Å². The SMILES string of the molecule is CCOc1ccc(N2CCn3c2nn(CC(=O)Nc2ccc(OC(F)(F)F)cc2)c(=O)c3=O)cc1. The molecular formula is C22H20F3N5O5. The normalized spacial score (nSPS) is 12.9. The van der Waals surface area contributed by atoms with Crippen molar-refractivity contribution in [2.45, 2.75) is 26.4 Å². The number of aromatic nitrogens is 3. The zero-order valence-corrected chi connectivity index (χ0v) is 18.4. The number of amides is 1. The number of hydrogen-bond donors (Lipinski definition) is 1. The first-order valence-electron chi connectivity index (χ1n) is 10.5. The molecule has 4 rings (SSSR count). The van der Waals surface area contributed by atoms with Crippen LogP contribution in [0.3, 0.4) is 0 Å². The summed E-state index contributed by atoms with van der Waals surface area (Å²) in [6, 6.07) is 11.6. The van der Waals surface area contributed by atoms with Crippen molar-refractivity contribution in [3.8, 4) is 11.5 Å². The third-order valence-electron chi connectivity index (χ3n) is 5.03. The molecule has 1 N–H and O–H groups in total. The molecule has 1 aliphatic heterocycles. The second kappa shape index (κ2) is 9.52. The fraction of sp³-hybridized carbons (Fsp3) is 0.273. The lowest BCUT2D eigenvalue weighted by molar-refractivity contribution is -0.274. The first-order chi connectivity index (χ1) is 16.6. The van der Waals surface area contributed by atoms with E-state index in [9.17, 15) is 27.6 Å². The van der Waals surface area contributed by atoms with Gasteiger partial charge in [0.05, 0.1) is 6.61 Å². The second-order valence-electron chi connectivity index (χ2n) is 7.42. The standard InChI is InChI=1S/C22H20F3N5O5/c1-2-34-16-9-5-15(6-10-16)28-11-12-29-19(32)20(33)30(27-21(28)29)13-18(31)26-14-3-7-17(8-4-14)35-22(23,24)25/h3-10H,2,11-13H2,1H3,(H,26,31). The van der Waals surface area contributed by atoms with Crippen molar-refractivity contribution in [3.63, 3.8) is 0 Å². The Hall–Kier alpha value is -4.29. The number of nitrogens with zero attached hydrogens (tertiary/aromatic N) is 4. The number of nitrogens with one attached hydrogen (secondary N) is 1. The van der Waals surface area contributed by atoms with Crippen LogP contribution in [0.15, 0.2) is 58.1 Å². The van der Waals surface area contributed by atoms with Crippen LogP contribution in [-0.2, 0) is 17.9 Å².